The lowest BCUT2D eigenvalue weighted by Crippen LogP contribution is -2.10. The summed E-state index contributed by atoms with van der Waals surface area (Å²) in [6.07, 6.45) is 0. The molecule has 1 aromatic rings. The van der Waals surface area contributed by atoms with Crippen LogP contribution in [0.1, 0.15) is 17.3 Å². The lowest BCUT2D eigenvalue weighted by Gasteiger charge is -2.10. The monoisotopic (exact) mass is 242 g/mol. The molecule has 0 N–H and O–H groups in total. The molecule has 4 heteroatoms. The van der Waals surface area contributed by atoms with E-state index in [9.17, 15) is 4.79 Å². The van der Waals surface area contributed by atoms with Crippen LogP contribution < -0.4 is 4.74 Å². The Kier molecular flexibility index (Phi) is 5.12. The Balaban J connectivity index is 2.64. The van der Waals surface area contributed by atoms with E-state index >= 15 is 0 Å². The fourth-order valence-electron chi connectivity index (χ4n) is 1.11. The minimum Gasteiger partial charge on any atom is -0.493 e. The second kappa shape index (κ2) is 6.38. The number of carbonyl (C=O) groups excluding carboxylic acids is 1. The van der Waals surface area contributed by atoms with E-state index < -0.39 is 0 Å². The molecule has 0 bridgehead atoms. The van der Waals surface area contributed by atoms with E-state index in [-0.39, 0.29) is 11.9 Å². The van der Waals surface area contributed by atoms with E-state index in [2.05, 4.69) is 4.74 Å². The van der Waals surface area contributed by atoms with Crippen LogP contribution in [0.5, 0.6) is 5.75 Å². The van der Waals surface area contributed by atoms with Crippen LogP contribution in [0.15, 0.2) is 24.3 Å². The topological polar surface area (TPSA) is 35.5 Å². The Morgan fingerprint density at radius 1 is 1.50 bits per heavy atom. The number of alkyl halides is 1. The predicted octanol–water partition coefficient (Wildman–Crippen LogP) is 2.73. The first-order chi connectivity index (χ1) is 7.67. The summed E-state index contributed by atoms with van der Waals surface area (Å²) in [7, 11) is 1.35. The molecule has 0 aliphatic carbocycles. The van der Waals surface area contributed by atoms with Gasteiger partial charge in [-0.05, 0) is 18.2 Å². The Labute approximate surface area is 100 Å². The van der Waals surface area contributed by atoms with Gasteiger partial charge in [0.15, 0.2) is 0 Å². The summed E-state index contributed by atoms with van der Waals surface area (Å²) in [6, 6.07) is 6.90. The summed E-state index contributed by atoms with van der Waals surface area (Å²) in [5, 5.41) is 0. The Morgan fingerprint density at radius 2 is 2.25 bits per heavy atom. The molecule has 16 heavy (non-hydrogen) atoms. The second-order valence-electron chi connectivity index (χ2n) is 3.59. The van der Waals surface area contributed by atoms with Gasteiger partial charge in [-0.2, -0.15) is 0 Å². The molecule has 0 fully saturated rings. The summed E-state index contributed by atoms with van der Waals surface area (Å²) in [5.41, 5.74) is 0.485. The van der Waals surface area contributed by atoms with E-state index in [1.807, 2.05) is 6.92 Å². The molecule has 0 aliphatic heterocycles. The van der Waals surface area contributed by atoms with E-state index in [0.29, 0.717) is 23.8 Å². The maximum absolute atomic E-state index is 11.3. The van der Waals surface area contributed by atoms with Crippen LogP contribution in [0.3, 0.4) is 0 Å². The summed E-state index contributed by atoms with van der Waals surface area (Å²) in [6.45, 7) is 2.53. The molecular formula is C12H15ClO3. The first kappa shape index (κ1) is 12.8. The maximum atomic E-state index is 11.3. The fraction of sp³-hybridized carbons (Fsp3) is 0.417. The number of hydrogen-bond donors (Lipinski definition) is 0. The number of rotatable bonds is 5. The average Bonchev–Trinajstić information content (AvgIpc) is 2.35. The van der Waals surface area contributed by atoms with Crippen molar-refractivity contribution in [3.8, 4) is 5.75 Å². The molecule has 1 atom stereocenters. The van der Waals surface area contributed by atoms with Crippen LogP contribution in [0.2, 0.25) is 0 Å². The normalized spacial score (nSPS) is 11.9. The first-order valence-corrected chi connectivity index (χ1v) is 5.58. The molecule has 0 aliphatic rings. The fourth-order valence-corrected chi connectivity index (χ4v) is 1.20. The molecule has 88 valence electrons. The van der Waals surface area contributed by atoms with Crippen molar-refractivity contribution >= 4 is 17.6 Å². The number of esters is 1. The summed E-state index contributed by atoms with van der Waals surface area (Å²) in [4.78, 5) is 11.3. The third-order valence-electron chi connectivity index (χ3n) is 2.05. The van der Waals surface area contributed by atoms with Crippen molar-refractivity contribution < 1.29 is 14.3 Å². The van der Waals surface area contributed by atoms with Gasteiger partial charge in [0.1, 0.15) is 5.75 Å². The van der Waals surface area contributed by atoms with E-state index in [1.165, 1.54) is 7.11 Å². The molecule has 0 amide bonds. The van der Waals surface area contributed by atoms with Crippen molar-refractivity contribution in [2.45, 2.75) is 6.92 Å². The molecule has 0 spiro atoms. The van der Waals surface area contributed by atoms with E-state index in [4.69, 9.17) is 16.3 Å². The predicted molar refractivity (Wildman–Crippen MR) is 63.2 cm³/mol. The van der Waals surface area contributed by atoms with Gasteiger partial charge in [-0.3, -0.25) is 0 Å². The van der Waals surface area contributed by atoms with Gasteiger partial charge in [0.25, 0.3) is 0 Å². The SMILES string of the molecule is COC(=O)c1cccc(OCC(C)CCl)c1. The number of benzene rings is 1. The lowest BCUT2D eigenvalue weighted by molar-refractivity contribution is 0.0600. The Morgan fingerprint density at radius 3 is 2.88 bits per heavy atom. The van der Waals surface area contributed by atoms with Gasteiger partial charge < -0.3 is 9.47 Å². The van der Waals surface area contributed by atoms with Gasteiger partial charge in [0.05, 0.1) is 19.3 Å². The minimum atomic E-state index is -0.365. The van der Waals surface area contributed by atoms with Crippen molar-refractivity contribution in [3.63, 3.8) is 0 Å². The van der Waals surface area contributed by atoms with Crippen LogP contribution in [-0.4, -0.2) is 25.6 Å². The van der Waals surface area contributed by atoms with Crippen LogP contribution in [0, 0.1) is 5.92 Å². The molecule has 0 saturated carbocycles. The Bertz CT molecular complexity index is 352. The largest absolute Gasteiger partial charge is 0.493 e. The molecule has 0 saturated heterocycles. The first-order valence-electron chi connectivity index (χ1n) is 5.04. The molecule has 1 rings (SSSR count). The van der Waals surface area contributed by atoms with Crippen molar-refractivity contribution in [2.24, 2.45) is 5.92 Å². The third-order valence-corrected chi connectivity index (χ3v) is 2.58. The second-order valence-corrected chi connectivity index (χ2v) is 3.90. The van der Waals surface area contributed by atoms with Crippen molar-refractivity contribution in [3.05, 3.63) is 29.8 Å². The van der Waals surface area contributed by atoms with Gasteiger partial charge in [-0.25, -0.2) is 4.79 Å². The molecule has 1 aromatic carbocycles. The minimum absolute atomic E-state index is 0.281. The number of halogens is 1. The summed E-state index contributed by atoms with van der Waals surface area (Å²) in [5.74, 6) is 1.12. The van der Waals surface area contributed by atoms with Gasteiger partial charge in [-0.15, -0.1) is 11.6 Å². The van der Waals surface area contributed by atoms with Crippen molar-refractivity contribution in [1.29, 1.82) is 0 Å². The summed E-state index contributed by atoms with van der Waals surface area (Å²) < 4.78 is 10.1. The highest BCUT2D eigenvalue weighted by molar-refractivity contribution is 6.18. The zero-order valence-electron chi connectivity index (χ0n) is 9.40. The molecule has 0 radical (unpaired) electrons. The number of methoxy groups -OCH3 is 1. The van der Waals surface area contributed by atoms with Gasteiger partial charge in [0.2, 0.25) is 0 Å². The molecule has 0 aromatic heterocycles. The van der Waals surface area contributed by atoms with Crippen LogP contribution in [-0.2, 0) is 4.74 Å². The summed E-state index contributed by atoms with van der Waals surface area (Å²) >= 11 is 5.67. The Hall–Kier alpha value is -1.22. The van der Waals surface area contributed by atoms with Crippen LogP contribution >= 0.6 is 11.6 Å². The average molecular weight is 243 g/mol. The quantitative estimate of drug-likeness (QED) is 0.588. The van der Waals surface area contributed by atoms with Gasteiger partial charge >= 0.3 is 5.97 Å². The number of ether oxygens (including phenoxy) is 2. The standard InChI is InChI=1S/C12H15ClO3/c1-9(7-13)8-16-11-5-3-4-10(6-11)12(14)15-2/h3-6,9H,7-8H2,1-2H3. The third kappa shape index (κ3) is 3.74. The van der Waals surface area contributed by atoms with Crippen molar-refractivity contribution in [2.75, 3.05) is 19.6 Å². The zero-order valence-corrected chi connectivity index (χ0v) is 10.2. The van der Waals surface area contributed by atoms with Crippen LogP contribution in [0.25, 0.3) is 0 Å². The van der Waals surface area contributed by atoms with Crippen molar-refractivity contribution in [1.82, 2.24) is 0 Å². The van der Waals surface area contributed by atoms with E-state index in [1.54, 1.807) is 24.3 Å². The maximum Gasteiger partial charge on any atom is 0.337 e. The molecule has 0 heterocycles. The van der Waals surface area contributed by atoms with Gasteiger partial charge in [-0.1, -0.05) is 13.0 Å². The van der Waals surface area contributed by atoms with Crippen LogP contribution in [0.4, 0.5) is 0 Å². The van der Waals surface area contributed by atoms with Gasteiger partial charge in [0, 0.05) is 11.8 Å². The smallest absolute Gasteiger partial charge is 0.337 e. The molecular weight excluding hydrogens is 228 g/mol. The molecule has 3 nitrogen and oxygen atoms in total. The highest BCUT2D eigenvalue weighted by atomic mass is 35.5. The zero-order chi connectivity index (χ0) is 12.0. The van der Waals surface area contributed by atoms with E-state index in [0.717, 1.165) is 0 Å². The lowest BCUT2D eigenvalue weighted by atomic mass is 10.2. The highest BCUT2D eigenvalue weighted by Gasteiger charge is 2.07. The number of hydrogen-bond acceptors (Lipinski definition) is 3. The highest BCUT2D eigenvalue weighted by Crippen LogP contribution is 2.15. The number of carbonyl (C=O) groups is 1. The molecule has 1 unspecified atom stereocenters.